The Labute approximate surface area is 86.5 Å². The quantitative estimate of drug-likeness (QED) is 0.777. The molecule has 1 aromatic carbocycles. The van der Waals surface area contributed by atoms with Crippen LogP contribution in [0.3, 0.4) is 0 Å². The van der Waals surface area contributed by atoms with E-state index in [1.807, 2.05) is 26.2 Å². The van der Waals surface area contributed by atoms with E-state index in [9.17, 15) is 0 Å². The zero-order valence-corrected chi connectivity index (χ0v) is 9.48. The summed E-state index contributed by atoms with van der Waals surface area (Å²) in [5.41, 5.74) is 1.23. The Balaban J connectivity index is 2.82. The lowest BCUT2D eigenvalue weighted by atomic mass is 10.2. The highest BCUT2D eigenvalue weighted by Crippen LogP contribution is 2.23. The maximum Gasteiger partial charge on any atom is 0.0551 e. The van der Waals surface area contributed by atoms with Gasteiger partial charge in [0.25, 0.3) is 0 Å². The minimum absolute atomic E-state index is 0.773. The highest BCUT2D eigenvalue weighted by Gasteiger charge is 1.99. The summed E-state index contributed by atoms with van der Waals surface area (Å²) in [6.07, 6.45) is 0. The van der Waals surface area contributed by atoms with Crippen molar-refractivity contribution in [2.45, 2.75) is 6.54 Å². The van der Waals surface area contributed by atoms with E-state index in [-0.39, 0.29) is 0 Å². The van der Waals surface area contributed by atoms with Crippen LogP contribution >= 0.6 is 27.5 Å². The van der Waals surface area contributed by atoms with Crippen LogP contribution in [0.4, 0.5) is 0 Å². The molecule has 0 bridgehead atoms. The summed E-state index contributed by atoms with van der Waals surface area (Å²) in [5.74, 6) is 0. The molecule has 0 amide bonds. The van der Waals surface area contributed by atoms with E-state index in [0.29, 0.717) is 0 Å². The van der Waals surface area contributed by atoms with Gasteiger partial charge in [0.1, 0.15) is 0 Å². The molecule has 0 saturated carbocycles. The zero-order chi connectivity index (χ0) is 9.14. The molecule has 0 aliphatic heterocycles. The van der Waals surface area contributed by atoms with Gasteiger partial charge in [0.05, 0.1) is 5.02 Å². The van der Waals surface area contributed by atoms with Gasteiger partial charge in [-0.2, -0.15) is 0 Å². The maximum atomic E-state index is 5.93. The Morgan fingerprint density at radius 3 is 2.58 bits per heavy atom. The molecule has 1 rings (SSSR count). The molecule has 0 radical (unpaired) electrons. The predicted molar refractivity (Wildman–Crippen MR) is 56.5 cm³/mol. The normalized spacial score (nSPS) is 10.8. The van der Waals surface area contributed by atoms with Gasteiger partial charge in [-0.15, -0.1) is 0 Å². The van der Waals surface area contributed by atoms with Gasteiger partial charge >= 0.3 is 0 Å². The molecule has 0 spiro atoms. The smallest absolute Gasteiger partial charge is 0.0551 e. The fourth-order valence-electron chi connectivity index (χ4n) is 1.00. The number of benzene rings is 1. The van der Waals surface area contributed by atoms with Gasteiger partial charge in [-0.05, 0) is 47.7 Å². The lowest BCUT2D eigenvalue weighted by Crippen LogP contribution is -2.10. The molecule has 0 atom stereocenters. The molecule has 66 valence electrons. The van der Waals surface area contributed by atoms with Crippen LogP contribution in [0.15, 0.2) is 22.7 Å². The van der Waals surface area contributed by atoms with Gasteiger partial charge in [-0.1, -0.05) is 17.7 Å². The first-order valence-corrected chi connectivity index (χ1v) is 4.85. The van der Waals surface area contributed by atoms with Crippen molar-refractivity contribution < 1.29 is 0 Å². The summed E-state index contributed by atoms with van der Waals surface area (Å²) in [4.78, 5) is 2.11. The Kier molecular flexibility index (Phi) is 3.56. The topological polar surface area (TPSA) is 3.24 Å². The van der Waals surface area contributed by atoms with Gasteiger partial charge in [-0.3, -0.25) is 0 Å². The van der Waals surface area contributed by atoms with Crippen molar-refractivity contribution in [1.82, 2.24) is 4.90 Å². The fraction of sp³-hybridized carbons (Fsp3) is 0.333. The lowest BCUT2D eigenvalue weighted by molar-refractivity contribution is 0.402. The molecular formula is C9H11BrClN. The van der Waals surface area contributed by atoms with Crippen molar-refractivity contribution in [2.24, 2.45) is 0 Å². The summed E-state index contributed by atoms with van der Waals surface area (Å²) in [7, 11) is 4.08. The number of hydrogen-bond donors (Lipinski definition) is 0. The van der Waals surface area contributed by atoms with E-state index in [4.69, 9.17) is 11.6 Å². The minimum atomic E-state index is 0.773. The Bertz CT molecular complexity index is 273. The van der Waals surface area contributed by atoms with Crippen molar-refractivity contribution in [3.05, 3.63) is 33.3 Å². The number of nitrogens with zero attached hydrogens (tertiary/aromatic N) is 1. The van der Waals surface area contributed by atoms with E-state index in [0.717, 1.165) is 16.0 Å². The van der Waals surface area contributed by atoms with Crippen LogP contribution in [0.5, 0.6) is 0 Å². The van der Waals surface area contributed by atoms with Crippen LogP contribution in [0.2, 0.25) is 5.02 Å². The van der Waals surface area contributed by atoms with Gasteiger partial charge < -0.3 is 4.90 Å². The van der Waals surface area contributed by atoms with Crippen LogP contribution in [-0.4, -0.2) is 19.0 Å². The largest absolute Gasteiger partial charge is 0.305 e. The molecule has 0 aliphatic rings. The summed E-state index contributed by atoms with van der Waals surface area (Å²) >= 11 is 9.28. The summed E-state index contributed by atoms with van der Waals surface area (Å²) in [6, 6.07) is 6.02. The van der Waals surface area contributed by atoms with Crippen molar-refractivity contribution in [1.29, 1.82) is 0 Å². The van der Waals surface area contributed by atoms with E-state index < -0.39 is 0 Å². The number of hydrogen-bond acceptors (Lipinski definition) is 1. The molecule has 12 heavy (non-hydrogen) atoms. The Hall–Kier alpha value is -0.0500. The Morgan fingerprint density at radius 1 is 1.42 bits per heavy atom. The van der Waals surface area contributed by atoms with Crippen LogP contribution in [0, 0.1) is 0 Å². The van der Waals surface area contributed by atoms with E-state index in [1.54, 1.807) is 0 Å². The second kappa shape index (κ2) is 4.26. The molecule has 0 N–H and O–H groups in total. The third-order valence-corrected chi connectivity index (χ3v) is 2.72. The Morgan fingerprint density at radius 2 is 2.08 bits per heavy atom. The standard InChI is InChI=1S/C9H11BrClN/c1-12(2)6-7-3-4-8(10)9(11)5-7/h3-5H,6H2,1-2H3. The second-order valence-corrected chi connectivity index (χ2v) is 4.25. The van der Waals surface area contributed by atoms with Gasteiger partial charge in [-0.25, -0.2) is 0 Å². The van der Waals surface area contributed by atoms with Gasteiger partial charge in [0, 0.05) is 11.0 Å². The average Bonchev–Trinajstić information content (AvgIpc) is 1.96. The first-order valence-electron chi connectivity index (χ1n) is 3.68. The van der Waals surface area contributed by atoms with Crippen molar-refractivity contribution in [2.75, 3.05) is 14.1 Å². The van der Waals surface area contributed by atoms with Crippen LogP contribution in [0.1, 0.15) is 5.56 Å². The highest BCUT2D eigenvalue weighted by molar-refractivity contribution is 9.10. The maximum absolute atomic E-state index is 5.93. The summed E-state index contributed by atoms with van der Waals surface area (Å²) < 4.78 is 0.951. The number of rotatable bonds is 2. The number of halogens is 2. The SMILES string of the molecule is CN(C)Cc1ccc(Br)c(Cl)c1. The molecule has 3 heteroatoms. The average molecular weight is 249 g/mol. The van der Waals surface area contributed by atoms with Crippen molar-refractivity contribution in [3.63, 3.8) is 0 Å². The lowest BCUT2D eigenvalue weighted by Gasteiger charge is -2.09. The summed E-state index contributed by atoms with van der Waals surface area (Å²) in [5, 5.41) is 0.773. The second-order valence-electron chi connectivity index (χ2n) is 2.99. The van der Waals surface area contributed by atoms with Crippen LogP contribution in [-0.2, 0) is 6.54 Å². The highest BCUT2D eigenvalue weighted by atomic mass is 79.9. The van der Waals surface area contributed by atoms with E-state index in [2.05, 4.69) is 26.9 Å². The zero-order valence-electron chi connectivity index (χ0n) is 7.14. The molecule has 1 aromatic rings. The molecule has 0 aromatic heterocycles. The van der Waals surface area contributed by atoms with E-state index >= 15 is 0 Å². The van der Waals surface area contributed by atoms with Crippen molar-refractivity contribution >= 4 is 27.5 Å². The van der Waals surface area contributed by atoms with Crippen molar-refractivity contribution in [3.8, 4) is 0 Å². The summed E-state index contributed by atoms with van der Waals surface area (Å²) in [6.45, 7) is 0.924. The third kappa shape index (κ3) is 2.77. The predicted octanol–water partition coefficient (Wildman–Crippen LogP) is 3.16. The third-order valence-electron chi connectivity index (χ3n) is 1.48. The van der Waals surface area contributed by atoms with Gasteiger partial charge in [0.15, 0.2) is 0 Å². The molecule has 0 aliphatic carbocycles. The first kappa shape index (κ1) is 10.0. The molecule has 0 unspecified atom stereocenters. The first-order chi connectivity index (χ1) is 5.59. The van der Waals surface area contributed by atoms with Crippen LogP contribution < -0.4 is 0 Å². The fourth-order valence-corrected chi connectivity index (χ4v) is 1.45. The van der Waals surface area contributed by atoms with Crippen LogP contribution in [0.25, 0.3) is 0 Å². The molecule has 0 saturated heterocycles. The molecule has 1 nitrogen and oxygen atoms in total. The minimum Gasteiger partial charge on any atom is -0.305 e. The van der Waals surface area contributed by atoms with Gasteiger partial charge in [0.2, 0.25) is 0 Å². The molecule has 0 fully saturated rings. The molecule has 0 heterocycles. The van der Waals surface area contributed by atoms with E-state index in [1.165, 1.54) is 5.56 Å². The monoisotopic (exact) mass is 247 g/mol. The molecular weight excluding hydrogens is 237 g/mol.